The molecule has 1 saturated heterocycles. The van der Waals surface area contributed by atoms with Gasteiger partial charge in [-0.3, -0.25) is 4.98 Å². The van der Waals surface area contributed by atoms with Gasteiger partial charge in [0.15, 0.2) is 5.17 Å². The van der Waals surface area contributed by atoms with E-state index in [0.29, 0.717) is 21.0 Å². The van der Waals surface area contributed by atoms with E-state index in [4.69, 9.17) is 9.41 Å². The monoisotopic (exact) mass is 457 g/mol. The molecule has 7 heteroatoms. The standard InChI is InChI=1S/C21H17BrFN3OS/c1-12-11-26-20(19(25-21(26)28-12)16-4-2-3-9-24-16)18-8-7-17(27-18)14-6-5-13(22)10-15(14)23/h2-10,12,19-20H,11H2,1H3/t12-,19+,20-/m1/s1. The molecule has 4 nitrogen and oxygen atoms in total. The number of amidine groups is 1. The van der Waals surface area contributed by atoms with Crippen LogP contribution >= 0.6 is 27.7 Å². The smallest absolute Gasteiger partial charge is 0.161 e. The Morgan fingerprint density at radius 3 is 2.89 bits per heavy atom. The zero-order chi connectivity index (χ0) is 19.3. The molecule has 0 bridgehead atoms. The summed E-state index contributed by atoms with van der Waals surface area (Å²) in [6.07, 6.45) is 1.79. The third-order valence-electron chi connectivity index (χ3n) is 5.00. The molecule has 2 aromatic heterocycles. The van der Waals surface area contributed by atoms with E-state index < -0.39 is 0 Å². The van der Waals surface area contributed by atoms with Crippen LogP contribution in [0.2, 0.25) is 0 Å². The summed E-state index contributed by atoms with van der Waals surface area (Å²) in [5.41, 5.74) is 1.36. The molecule has 142 valence electrons. The van der Waals surface area contributed by atoms with Gasteiger partial charge in [-0.2, -0.15) is 0 Å². The highest BCUT2D eigenvalue weighted by Gasteiger charge is 2.45. The second-order valence-electron chi connectivity index (χ2n) is 6.96. The van der Waals surface area contributed by atoms with E-state index in [1.54, 1.807) is 24.0 Å². The van der Waals surface area contributed by atoms with Gasteiger partial charge in [0, 0.05) is 22.5 Å². The Morgan fingerprint density at radius 1 is 1.21 bits per heavy atom. The largest absolute Gasteiger partial charge is 0.459 e. The highest BCUT2D eigenvalue weighted by Crippen LogP contribution is 2.48. The first-order valence-electron chi connectivity index (χ1n) is 9.07. The van der Waals surface area contributed by atoms with Crippen LogP contribution in [0.3, 0.4) is 0 Å². The Kier molecular flexibility index (Phi) is 4.51. The topological polar surface area (TPSA) is 41.6 Å². The number of hydrogen-bond acceptors (Lipinski definition) is 5. The van der Waals surface area contributed by atoms with Crippen LogP contribution in [0.4, 0.5) is 4.39 Å². The van der Waals surface area contributed by atoms with E-state index in [0.717, 1.165) is 23.2 Å². The molecule has 5 rings (SSSR count). The van der Waals surface area contributed by atoms with Gasteiger partial charge in [-0.15, -0.1) is 0 Å². The van der Waals surface area contributed by atoms with Crippen LogP contribution in [0.25, 0.3) is 11.3 Å². The predicted octanol–water partition coefficient (Wildman–Crippen LogP) is 5.83. The molecule has 28 heavy (non-hydrogen) atoms. The quantitative estimate of drug-likeness (QED) is 0.495. The lowest BCUT2D eigenvalue weighted by Gasteiger charge is -2.25. The fraction of sp³-hybridized carbons (Fsp3) is 0.238. The van der Waals surface area contributed by atoms with Gasteiger partial charge in [-0.25, -0.2) is 9.38 Å². The second-order valence-corrected chi connectivity index (χ2v) is 9.28. The van der Waals surface area contributed by atoms with Crippen molar-refractivity contribution >= 4 is 32.9 Å². The zero-order valence-electron chi connectivity index (χ0n) is 15.0. The normalized spacial score (nSPS) is 23.8. The summed E-state index contributed by atoms with van der Waals surface area (Å²) in [5, 5.41) is 1.50. The zero-order valence-corrected chi connectivity index (χ0v) is 17.5. The fourth-order valence-electron chi connectivity index (χ4n) is 3.77. The molecule has 3 aromatic rings. The molecule has 0 spiro atoms. The van der Waals surface area contributed by atoms with E-state index in [1.165, 1.54) is 6.07 Å². The maximum Gasteiger partial charge on any atom is 0.161 e. The lowest BCUT2D eigenvalue weighted by molar-refractivity contribution is 0.277. The Hall–Kier alpha value is -2.12. The number of thioether (sulfide) groups is 1. The van der Waals surface area contributed by atoms with Gasteiger partial charge in [0.2, 0.25) is 0 Å². The number of rotatable bonds is 3. The van der Waals surface area contributed by atoms with Crippen molar-refractivity contribution in [2.24, 2.45) is 4.99 Å². The van der Waals surface area contributed by atoms with Crippen molar-refractivity contribution < 1.29 is 8.81 Å². The van der Waals surface area contributed by atoms with Crippen LogP contribution in [0, 0.1) is 5.82 Å². The summed E-state index contributed by atoms with van der Waals surface area (Å²) in [4.78, 5) is 11.8. The fourth-order valence-corrected chi connectivity index (χ4v) is 5.20. The van der Waals surface area contributed by atoms with Gasteiger partial charge >= 0.3 is 0 Å². The third kappa shape index (κ3) is 3.06. The SMILES string of the molecule is C[C@@H]1CN2C(=N[C@@H](c3ccccn3)[C@H]2c2ccc(-c3ccc(Br)cc3F)o2)S1. The van der Waals surface area contributed by atoms with Crippen molar-refractivity contribution in [3.8, 4) is 11.3 Å². The molecule has 2 aliphatic rings. The second kappa shape index (κ2) is 7.04. The molecule has 0 saturated carbocycles. The molecule has 0 unspecified atom stereocenters. The molecule has 1 fully saturated rings. The molecule has 1 aromatic carbocycles. The van der Waals surface area contributed by atoms with Crippen LogP contribution in [0.1, 0.15) is 30.5 Å². The number of fused-ring (bicyclic) bond motifs is 1. The molecule has 0 N–H and O–H groups in total. The number of aliphatic imine (C=N–C) groups is 1. The number of aromatic nitrogens is 1. The number of halogens is 2. The first kappa shape index (κ1) is 17.9. The van der Waals surface area contributed by atoms with Crippen molar-refractivity contribution in [3.05, 3.63) is 76.5 Å². The average Bonchev–Trinajstić information content (AvgIpc) is 3.36. The van der Waals surface area contributed by atoms with Crippen molar-refractivity contribution in [1.29, 1.82) is 0 Å². The van der Waals surface area contributed by atoms with Crippen LogP contribution in [0.15, 0.2) is 68.6 Å². The third-order valence-corrected chi connectivity index (χ3v) is 6.59. The minimum atomic E-state index is -0.315. The number of benzene rings is 1. The minimum absolute atomic E-state index is 0.0744. The van der Waals surface area contributed by atoms with E-state index >= 15 is 0 Å². The first-order chi connectivity index (χ1) is 13.6. The molecule has 0 radical (unpaired) electrons. The maximum atomic E-state index is 14.4. The van der Waals surface area contributed by atoms with Gasteiger partial charge < -0.3 is 9.32 Å². The lowest BCUT2D eigenvalue weighted by Crippen LogP contribution is -2.28. The van der Waals surface area contributed by atoms with Gasteiger partial charge in [-0.1, -0.05) is 40.7 Å². The Morgan fingerprint density at radius 2 is 2.11 bits per heavy atom. The van der Waals surface area contributed by atoms with E-state index in [2.05, 4.69) is 32.7 Å². The van der Waals surface area contributed by atoms with E-state index in [1.807, 2.05) is 36.4 Å². The van der Waals surface area contributed by atoms with Gasteiger partial charge in [0.05, 0.1) is 11.3 Å². The first-order valence-corrected chi connectivity index (χ1v) is 10.7. The van der Waals surface area contributed by atoms with Gasteiger partial charge in [-0.05, 0) is 42.5 Å². The Balaban J connectivity index is 1.54. The molecule has 0 aliphatic carbocycles. The molecule has 2 aliphatic heterocycles. The Bertz CT molecular complexity index is 1050. The summed E-state index contributed by atoms with van der Waals surface area (Å²) < 4.78 is 21.3. The lowest BCUT2D eigenvalue weighted by atomic mass is 10.0. The summed E-state index contributed by atoms with van der Waals surface area (Å²) in [6.45, 7) is 3.10. The average molecular weight is 458 g/mol. The predicted molar refractivity (Wildman–Crippen MR) is 113 cm³/mol. The van der Waals surface area contributed by atoms with Crippen LogP contribution < -0.4 is 0 Å². The summed E-state index contributed by atoms with van der Waals surface area (Å²) in [7, 11) is 0. The van der Waals surface area contributed by atoms with E-state index in [-0.39, 0.29) is 17.9 Å². The van der Waals surface area contributed by atoms with Crippen LogP contribution in [-0.4, -0.2) is 26.8 Å². The van der Waals surface area contributed by atoms with E-state index in [9.17, 15) is 4.39 Å². The summed E-state index contributed by atoms with van der Waals surface area (Å²) >= 11 is 5.08. The minimum Gasteiger partial charge on any atom is -0.459 e. The molecule has 0 amide bonds. The van der Waals surface area contributed by atoms with Crippen molar-refractivity contribution in [2.45, 2.75) is 24.3 Å². The van der Waals surface area contributed by atoms with Crippen molar-refractivity contribution in [3.63, 3.8) is 0 Å². The van der Waals surface area contributed by atoms with Gasteiger partial charge in [0.25, 0.3) is 0 Å². The Labute approximate surface area is 175 Å². The molecular weight excluding hydrogens is 441 g/mol. The molecule has 4 heterocycles. The number of furan rings is 1. The number of pyridine rings is 1. The highest BCUT2D eigenvalue weighted by molar-refractivity contribution is 9.10. The van der Waals surface area contributed by atoms with Gasteiger partial charge in [0.1, 0.15) is 29.4 Å². The summed E-state index contributed by atoms with van der Waals surface area (Å²) in [5.74, 6) is 0.986. The van der Waals surface area contributed by atoms with Crippen LogP contribution in [0.5, 0.6) is 0 Å². The van der Waals surface area contributed by atoms with Crippen molar-refractivity contribution in [2.75, 3.05) is 6.54 Å². The van der Waals surface area contributed by atoms with Crippen LogP contribution in [-0.2, 0) is 0 Å². The number of hydrogen-bond donors (Lipinski definition) is 0. The maximum absolute atomic E-state index is 14.4. The number of nitrogens with zero attached hydrogens (tertiary/aromatic N) is 3. The molecule has 3 atom stereocenters. The van der Waals surface area contributed by atoms with Crippen molar-refractivity contribution in [1.82, 2.24) is 9.88 Å². The summed E-state index contributed by atoms with van der Waals surface area (Å²) in [6, 6.07) is 14.4. The molecular formula is C21H17BrFN3OS. The highest BCUT2D eigenvalue weighted by atomic mass is 79.9.